The lowest BCUT2D eigenvalue weighted by atomic mass is 10.1. The number of phenolic OH excluding ortho intramolecular Hbond substituents is 1. The first-order valence-corrected chi connectivity index (χ1v) is 6.48. The van der Waals surface area contributed by atoms with Gasteiger partial charge in [0.1, 0.15) is 5.75 Å². The number of aromatic hydroxyl groups is 1. The lowest BCUT2D eigenvalue weighted by Gasteiger charge is -2.10. The number of hydrogen-bond donors (Lipinski definition) is 1. The summed E-state index contributed by atoms with van der Waals surface area (Å²) in [5.41, 5.74) is 0.128. The minimum absolute atomic E-state index is 0.0837. The van der Waals surface area contributed by atoms with Crippen LogP contribution in [-0.4, -0.2) is 28.9 Å². The molecule has 1 N–H and O–H groups in total. The minimum atomic E-state index is -0.302. The fourth-order valence-electron chi connectivity index (χ4n) is 1.91. The first-order valence-electron chi connectivity index (χ1n) is 5.72. The number of halogens is 2. The molecule has 1 aliphatic rings. The van der Waals surface area contributed by atoms with E-state index in [1.807, 2.05) is 0 Å². The average Bonchev–Trinajstić information content (AvgIpc) is 2.83. The number of ketones is 1. The van der Waals surface area contributed by atoms with Gasteiger partial charge in [-0.1, -0.05) is 23.2 Å². The van der Waals surface area contributed by atoms with Crippen molar-refractivity contribution in [1.82, 2.24) is 4.90 Å². The van der Waals surface area contributed by atoms with Crippen LogP contribution >= 0.6 is 23.2 Å². The second-order valence-electron chi connectivity index (χ2n) is 4.21. The molecule has 3 nitrogen and oxygen atoms in total. The molecular formula is C13H13Cl2NO2. The minimum Gasteiger partial charge on any atom is -0.506 e. The third-order valence-corrected chi connectivity index (χ3v) is 3.38. The highest BCUT2D eigenvalue weighted by atomic mass is 35.5. The third-order valence-electron chi connectivity index (χ3n) is 2.87. The zero-order valence-corrected chi connectivity index (χ0v) is 11.2. The fraction of sp³-hybridized carbons (Fsp3) is 0.308. The van der Waals surface area contributed by atoms with E-state index in [0.29, 0.717) is 5.02 Å². The Morgan fingerprint density at radius 2 is 1.94 bits per heavy atom. The molecule has 1 aromatic carbocycles. The molecule has 0 amide bonds. The highest BCUT2D eigenvalue weighted by Crippen LogP contribution is 2.31. The molecule has 0 aliphatic carbocycles. The number of nitrogens with zero attached hydrogens (tertiary/aromatic N) is 1. The van der Waals surface area contributed by atoms with Crippen molar-refractivity contribution in [2.24, 2.45) is 0 Å². The quantitative estimate of drug-likeness (QED) is 0.683. The summed E-state index contributed by atoms with van der Waals surface area (Å²) in [4.78, 5) is 14.0. The average molecular weight is 286 g/mol. The number of hydrogen-bond acceptors (Lipinski definition) is 3. The Bertz CT molecular complexity index is 494. The second-order valence-corrected chi connectivity index (χ2v) is 5.05. The van der Waals surface area contributed by atoms with E-state index in [1.54, 1.807) is 6.20 Å². The van der Waals surface area contributed by atoms with Crippen LogP contribution in [-0.2, 0) is 0 Å². The number of benzene rings is 1. The van der Waals surface area contributed by atoms with E-state index < -0.39 is 0 Å². The summed E-state index contributed by atoms with van der Waals surface area (Å²) in [5, 5.41) is 10.1. The monoisotopic (exact) mass is 285 g/mol. The van der Waals surface area contributed by atoms with E-state index in [-0.39, 0.29) is 22.1 Å². The smallest absolute Gasteiger partial charge is 0.191 e. The Morgan fingerprint density at radius 3 is 2.61 bits per heavy atom. The molecule has 96 valence electrons. The zero-order chi connectivity index (χ0) is 13.1. The van der Waals surface area contributed by atoms with Gasteiger partial charge in [0.2, 0.25) is 0 Å². The molecule has 1 saturated heterocycles. The van der Waals surface area contributed by atoms with Gasteiger partial charge < -0.3 is 10.0 Å². The van der Waals surface area contributed by atoms with Crippen LogP contribution in [0.5, 0.6) is 5.75 Å². The molecule has 18 heavy (non-hydrogen) atoms. The predicted octanol–water partition coefficient (Wildman–Crippen LogP) is 3.49. The SMILES string of the molecule is O=C(/C=C/N1CCCC1)c1cc(Cl)cc(Cl)c1O. The van der Waals surface area contributed by atoms with Gasteiger partial charge in [-0.15, -0.1) is 0 Å². The van der Waals surface area contributed by atoms with Gasteiger partial charge in [-0.05, 0) is 25.0 Å². The molecule has 1 fully saturated rings. The van der Waals surface area contributed by atoms with Crippen LogP contribution in [0.3, 0.4) is 0 Å². The molecule has 1 heterocycles. The van der Waals surface area contributed by atoms with Gasteiger partial charge in [0, 0.05) is 30.4 Å². The van der Waals surface area contributed by atoms with E-state index in [4.69, 9.17) is 23.2 Å². The second kappa shape index (κ2) is 5.63. The maximum Gasteiger partial charge on any atom is 0.191 e. The molecule has 2 rings (SSSR count). The number of likely N-dealkylation sites (tertiary alicyclic amines) is 1. The Morgan fingerprint density at radius 1 is 1.28 bits per heavy atom. The van der Waals surface area contributed by atoms with Gasteiger partial charge in [0.25, 0.3) is 0 Å². The summed E-state index contributed by atoms with van der Waals surface area (Å²) in [6.45, 7) is 1.93. The maximum atomic E-state index is 11.9. The van der Waals surface area contributed by atoms with Crippen molar-refractivity contribution < 1.29 is 9.90 Å². The molecule has 0 spiro atoms. The van der Waals surface area contributed by atoms with Gasteiger partial charge >= 0.3 is 0 Å². The summed E-state index contributed by atoms with van der Waals surface area (Å²) in [6.07, 6.45) is 5.48. The van der Waals surface area contributed by atoms with E-state index in [1.165, 1.54) is 18.2 Å². The molecule has 0 unspecified atom stereocenters. The molecule has 0 radical (unpaired) electrons. The highest BCUT2D eigenvalue weighted by Gasteiger charge is 2.14. The summed E-state index contributed by atoms with van der Waals surface area (Å²) in [6, 6.07) is 2.82. The number of rotatable bonds is 3. The van der Waals surface area contributed by atoms with E-state index >= 15 is 0 Å². The Labute approximate surface area is 116 Å². The van der Waals surface area contributed by atoms with Gasteiger partial charge in [0.15, 0.2) is 5.78 Å². The van der Waals surface area contributed by atoms with E-state index in [0.717, 1.165) is 25.9 Å². The number of carbonyl (C=O) groups excluding carboxylic acids is 1. The first kappa shape index (κ1) is 13.2. The number of carbonyl (C=O) groups is 1. The van der Waals surface area contributed by atoms with Gasteiger partial charge in [-0.25, -0.2) is 0 Å². The molecule has 0 bridgehead atoms. The van der Waals surface area contributed by atoms with Crippen molar-refractivity contribution in [3.05, 3.63) is 40.0 Å². The van der Waals surface area contributed by atoms with Crippen molar-refractivity contribution >= 4 is 29.0 Å². The highest BCUT2D eigenvalue weighted by molar-refractivity contribution is 6.36. The van der Waals surface area contributed by atoms with Crippen molar-refractivity contribution in [1.29, 1.82) is 0 Å². The first-order chi connectivity index (χ1) is 8.58. The number of phenols is 1. The lowest BCUT2D eigenvalue weighted by Crippen LogP contribution is -2.11. The van der Waals surface area contributed by atoms with Gasteiger partial charge in [0.05, 0.1) is 10.6 Å². The standard InChI is InChI=1S/C13H13Cl2NO2/c14-9-7-10(13(18)11(15)8-9)12(17)3-6-16-4-1-2-5-16/h3,6-8,18H,1-2,4-5H2/b6-3+. The summed E-state index contributed by atoms with van der Waals surface area (Å²) >= 11 is 11.6. The summed E-state index contributed by atoms with van der Waals surface area (Å²) < 4.78 is 0. The molecule has 1 aliphatic heterocycles. The molecule has 0 atom stereocenters. The molecule has 0 aromatic heterocycles. The van der Waals surface area contributed by atoms with Crippen LogP contribution < -0.4 is 0 Å². The zero-order valence-electron chi connectivity index (χ0n) is 9.70. The fourth-order valence-corrected chi connectivity index (χ4v) is 2.40. The normalized spacial score (nSPS) is 15.6. The topological polar surface area (TPSA) is 40.5 Å². The van der Waals surface area contributed by atoms with Crippen LogP contribution in [0, 0.1) is 0 Å². The van der Waals surface area contributed by atoms with Crippen LogP contribution in [0.1, 0.15) is 23.2 Å². The van der Waals surface area contributed by atoms with Crippen LogP contribution in [0.4, 0.5) is 0 Å². The number of allylic oxidation sites excluding steroid dienone is 1. The van der Waals surface area contributed by atoms with E-state index in [2.05, 4.69) is 4.90 Å². The predicted molar refractivity (Wildman–Crippen MR) is 72.4 cm³/mol. The van der Waals surface area contributed by atoms with Crippen LogP contribution in [0.15, 0.2) is 24.4 Å². The van der Waals surface area contributed by atoms with E-state index in [9.17, 15) is 9.90 Å². The van der Waals surface area contributed by atoms with Crippen LogP contribution in [0.25, 0.3) is 0 Å². The Balaban J connectivity index is 2.18. The van der Waals surface area contributed by atoms with Crippen LogP contribution in [0.2, 0.25) is 10.0 Å². The molecule has 5 heteroatoms. The third kappa shape index (κ3) is 2.98. The summed E-state index contributed by atoms with van der Waals surface area (Å²) in [7, 11) is 0. The molecular weight excluding hydrogens is 273 g/mol. The van der Waals surface area contributed by atoms with Crippen molar-refractivity contribution in [2.75, 3.05) is 13.1 Å². The Kier molecular flexibility index (Phi) is 4.15. The Hall–Kier alpha value is -1.19. The van der Waals surface area contributed by atoms with Gasteiger partial charge in [-0.2, -0.15) is 0 Å². The van der Waals surface area contributed by atoms with Crippen molar-refractivity contribution in [2.45, 2.75) is 12.8 Å². The largest absolute Gasteiger partial charge is 0.506 e. The lowest BCUT2D eigenvalue weighted by molar-refractivity contribution is 0.104. The molecule has 0 saturated carbocycles. The van der Waals surface area contributed by atoms with Gasteiger partial charge in [-0.3, -0.25) is 4.79 Å². The molecule has 1 aromatic rings. The summed E-state index contributed by atoms with van der Waals surface area (Å²) in [5.74, 6) is -0.527. The van der Waals surface area contributed by atoms with Crippen molar-refractivity contribution in [3.8, 4) is 5.75 Å². The van der Waals surface area contributed by atoms with Crippen molar-refractivity contribution in [3.63, 3.8) is 0 Å². The maximum absolute atomic E-state index is 11.9.